The molecule has 3 N–H and O–H groups in total. The Hall–Kier alpha value is -4.24. The van der Waals surface area contributed by atoms with Gasteiger partial charge in [-0.2, -0.15) is 13.2 Å². The van der Waals surface area contributed by atoms with Gasteiger partial charge in [0.25, 0.3) is 0 Å². The number of pyridine rings is 2. The van der Waals surface area contributed by atoms with Crippen LogP contribution in [-0.2, 0) is 11.6 Å². The highest BCUT2D eigenvalue weighted by Crippen LogP contribution is 2.42. The van der Waals surface area contributed by atoms with Crippen molar-refractivity contribution in [3.05, 3.63) is 101 Å². The highest BCUT2D eigenvalue weighted by Gasteiger charge is 2.39. The van der Waals surface area contributed by atoms with Crippen molar-refractivity contribution in [2.75, 3.05) is 5.32 Å². The van der Waals surface area contributed by atoms with Crippen molar-refractivity contribution in [2.45, 2.75) is 50.9 Å². The second kappa shape index (κ2) is 10.4. The molecular formula is C31H29F3N4O2. The van der Waals surface area contributed by atoms with Crippen molar-refractivity contribution in [2.24, 2.45) is 0 Å². The van der Waals surface area contributed by atoms with E-state index in [1.54, 1.807) is 25.1 Å². The average Bonchev–Trinajstić information content (AvgIpc) is 2.91. The van der Waals surface area contributed by atoms with Gasteiger partial charge < -0.3 is 15.7 Å². The number of hydrogen-bond acceptors (Lipinski definition) is 4. The first-order valence-electron chi connectivity index (χ1n) is 12.9. The Morgan fingerprint density at radius 1 is 0.975 bits per heavy atom. The zero-order chi connectivity index (χ0) is 28.7. The summed E-state index contributed by atoms with van der Waals surface area (Å²) in [7, 11) is 0. The minimum Gasteiger partial charge on any atom is -0.391 e. The third kappa shape index (κ3) is 5.42. The maximum atomic E-state index is 13.3. The number of nitrogens with zero attached hydrogens (tertiary/aromatic N) is 2. The highest BCUT2D eigenvalue weighted by molar-refractivity contribution is 5.94. The van der Waals surface area contributed by atoms with Gasteiger partial charge in [-0.1, -0.05) is 68.4 Å². The van der Waals surface area contributed by atoms with E-state index in [4.69, 9.17) is 4.98 Å². The predicted octanol–water partition coefficient (Wildman–Crippen LogP) is 7.04. The molecule has 0 radical (unpaired) electrons. The zero-order valence-electron chi connectivity index (χ0n) is 22.3. The molecule has 2 aromatic heterocycles. The van der Waals surface area contributed by atoms with E-state index >= 15 is 0 Å². The lowest BCUT2D eigenvalue weighted by Crippen LogP contribution is -2.45. The number of benzene rings is 2. The van der Waals surface area contributed by atoms with E-state index in [1.165, 1.54) is 6.07 Å². The molecule has 1 aliphatic carbocycles. The number of urea groups is 1. The normalized spacial score (nSPS) is 18.1. The molecule has 0 saturated carbocycles. The number of carbonyl (C=O) groups is 1. The standard InChI is InChI=1S/C31H29F3N4O2/c1-18-15-23(36-29(40)38-28-21-11-7-8-12-22(21)30(2,3)17-24(28)39)27(19-9-5-4-6-10-19)37-26(18)20-13-14-35-25(16-20)31(32,33)34/h4-16,24,28,39H,17H2,1-3H3,(H2,36,38,40)/t24-,28-/m1/s1. The number of hydrogen-bond donors (Lipinski definition) is 3. The molecular weight excluding hydrogens is 517 g/mol. The Morgan fingerprint density at radius 3 is 2.40 bits per heavy atom. The number of amides is 2. The van der Waals surface area contributed by atoms with Crippen LogP contribution in [0.5, 0.6) is 0 Å². The molecule has 0 unspecified atom stereocenters. The Labute approximate surface area is 230 Å². The van der Waals surface area contributed by atoms with Crippen LogP contribution in [0, 0.1) is 6.92 Å². The molecule has 4 aromatic rings. The van der Waals surface area contributed by atoms with Crippen LogP contribution in [-0.4, -0.2) is 27.2 Å². The Kier molecular flexibility index (Phi) is 7.10. The number of halogens is 3. The molecule has 2 aromatic carbocycles. The first-order valence-corrected chi connectivity index (χ1v) is 12.9. The molecule has 6 nitrogen and oxygen atoms in total. The maximum Gasteiger partial charge on any atom is 0.433 e. The fraction of sp³-hybridized carbons (Fsp3) is 0.258. The second-order valence-corrected chi connectivity index (χ2v) is 10.7. The van der Waals surface area contributed by atoms with Gasteiger partial charge >= 0.3 is 12.2 Å². The van der Waals surface area contributed by atoms with Crippen LogP contribution in [0.1, 0.15) is 48.7 Å². The summed E-state index contributed by atoms with van der Waals surface area (Å²) in [6.07, 6.45) is -3.80. The highest BCUT2D eigenvalue weighted by atomic mass is 19.4. The number of rotatable bonds is 4. The number of aliphatic hydroxyl groups excluding tert-OH is 1. The van der Waals surface area contributed by atoms with Crippen LogP contribution in [0.4, 0.5) is 23.7 Å². The van der Waals surface area contributed by atoms with Crippen molar-refractivity contribution >= 4 is 11.7 Å². The number of anilines is 1. The van der Waals surface area contributed by atoms with Gasteiger partial charge in [0.05, 0.1) is 29.2 Å². The minimum absolute atomic E-state index is 0.249. The van der Waals surface area contributed by atoms with Gasteiger partial charge in [0, 0.05) is 17.3 Å². The summed E-state index contributed by atoms with van der Waals surface area (Å²) in [4.78, 5) is 21.5. The van der Waals surface area contributed by atoms with Gasteiger partial charge in [-0.15, -0.1) is 0 Å². The van der Waals surface area contributed by atoms with Gasteiger partial charge in [0.2, 0.25) is 0 Å². The molecule has 5 rings (SSSR count). The monoisotopic (exact) mass is 546 g/mol. The van der Waals surface area contributed by atoms with Crippen molar-refractivity contribution in [1.29, 1.82) is 0 Å². The minimum atomic E-state index is -4.59. The molecule has 0 aliphatic heterocycles. The lowest BCUT2D eigenvalue weighted by molar-refractivity contribution is -0.141. The van der Waals surface area contributed by atoms with Gasteiger partial charge in [0.15, 0.2) is 0 Å². The fourth-order valence-corrected chi connectivity index (χ4v) is 5.37. The molecule has 206 valence electrons. The Morgan fingerprint density at radius 2 is 1.68 bits per heavy atom. The van der Waals surface area contributed by atoms with Crippen LogP contribution >= 0.6 is 0 Å². The van der Waals surface area contributed by atoms with Crippen LogP contribution in [0.3, 0.4) is 0 Å². The lowest BCUT2D eigenvalue weighted by Gasteiger charge is -2.40. The maximum absolute atomic E-state index is 13.3. The molecule has 0 spiro atoms. The van der Waals surface area contributed by atoms with Crippen LogP contribution in [0.25, 0.3) is 22.5 Å². The topological polar surface area (TPSA) is 87.1 Å². The third-order valence-electron chi connectivity index (χ3n) is 7.25. The number of aliphatic hydroxyl groups is 1. The van der Waals surface area contributed by atoms with E-state index in [0.29, 0.717) is 34.6 Å². The Bertz CT molecular complexity index is 1550. The molecule has 0 saturated heterocycles. The number of fused-ring (bicyclic) bond motifs is 1. The van der Waals surface area contributed by atoms with E-state index in [-0.39, 0.29) is 11.0 Å². The van der Waals surface area contributed by atoms with Gasteiger partial charge in [-0.25, -0.2) is 9.78 Å². The van der Waals surface area contributed by atoms with Crippen LogP contribution < -0.4 is 10.6 Å². The summed E-state index contributed by atoms with van der Waals surface area (Å²) in [5.41, 5.74) is 3.29. The summed E-state index contributed by atoms with van der Waals surface area (Å²) in [5, 5.41) is 16.7. The molecule has 2 heterocycles. The van der Waals surface area contributed by atoms with E-state index in [2.05, 4.69) is 29.5 Å². The number of alkyl halides is 3. The van der Waals surface area contributed by atoms with Gasteiger partial charge in [-0.3, -0.25) is 4.98 Å². The molecule has 1 aliphatic rings. The molecule has 2 amide bonds. The molecule has 40 heavy (non-hydrogen) atoms. The van der Waals surface area contributed by atoms with Gasteiger partial charge in [0.1, 0.15) is 5.69 Å². The SMILES string of the molecule is Cc1cc(NC(=O)N[C@@H]2c3ccccc3C(C)(C)C[C@H]2O)c(-c2ccccc2)nc1-c1ccnc(C(F)(F)F)c1. The van der Waals surface area contributed by atoms with Crippen LogP contribution in [0.15, 0.2) is 79.0 Å². The van der Waals surface area contributed by atoms with E-state index < -0.39 is 30.0 Å². The summed E-state index contributed by atoms with van der Waals surface area (Å²) in [6.45, 7) is 5.85. The van der Waals surface area contributed by atoms with Crippen molar-refractivity contribution in [3.8, 4) is 22.5 Å². The second-order valence-electron chi connectivity index (χ2n) is 10.7. The van der Waals surface area contributed by atoms with E-state index in [1.807, 2.05) is 42.5 Å². The molecule has 0 fully saturated rings. The number of carbonyl (C=O) groups excluding carboxylic acids is 1. The lowest BCUT2D eigenvalue weighted by atomic mass is 9.70. The van der Waals surface area contributed by atoms with Crippen molar-refractivity contribution < 1.29 is 23.1 Å². The fourth-order valence-electron chi connectivity index (χ4n) is 5.37. The quantitative estimate of drug-likeness (QED) is 0.256. The van der Waals surface area contributed by atoms with E-state index in [0.717, 1.165) is 23.4 Å². The smallest absolute Gasteiger partial charge is 0.391 e. The summed E-state index contributed by atoms with van der Waals surface area (Å²) < 4.78 is 40.0. The molecule has 2 atom stereocenters. The largest absolute Gasteiger partial charge is 0.433 e. The van der Waals surface area contributed by atoms with Gasteiger partial charge in [-0.05, 0) is 53.6 Å². The molecule has 0 bridgehead atoms. The number of aromatic nitrogens is 2. The van der Waals surface area contributed by atoms with Crippen molar-refractivity contribution in [1.82, 2.24) is 15.3 Å². The summed E-state index contributed by atoms with van der Waals surface area (Å²) >= 11 is 0. The molecule has 9 heteroatoms. The van der Waals surface area contributed by atoms with E-state index in [9.17, 15) is 23.1 Å². The average molecular weight is 547 g/mol. The number of aryl methyl sites for hydroxylation is 1. The zero-order valence-corrected chi connectivity index (χ0v) is 22.3. The summed E-state index contributed by atoms with van der Waals surface area (Å²) in [6, 6.07) is 19.8. The first-order chi connectivity index (χ1) is 18.9. The third-order valence-corrected chi connectivity index (χ3v) is 7.25. The van der Waals surface area contributed by atoms with Crippen molar-refractivity contribution in [3.63, 3.8) is 0 Å². The van der Waals surface area contributed by atoms with Crippen LogP contribution in [0.2, 0.25) is 0 Å². The number of nitrogens with one attached hydrogen (secondary N) is 2. The Balaban J connectivity index is 1.50. The first kappa shape index (κ1) is 27.3. The predicted molar refractivity (Wildman–Crippen MR) is 148 cm³/mol. The summed E-state index contributed by atoms with van der Waals surface area (Å²) in [5.74, 6) is 0.